The smallest absolute Gasteiger partial charge is 0.256 e. The first-order valence-electron chi connectivity index (χ1n) is 8.96. The van der Waals surface area contributed by atoms with Gasteiger partial charge in [-0.2, -0.15) is 0 Å². The molecule has 3 aliphatic rings. The number of hydrogen-bond acceptors (Lipinski definition) is 6. The standard InChI is InChI=1S/C18H19N5O3S/c24-12-6-23(7-12)18(26)17-19-13(9-27-17)11-3-4-15-20-14(8-22(15)5-11)21-16(25)10-1-2-10/h3-5,8-10,12,17,19,24H,1-2,6-7H2,(H,21,25). The molecule has 0 bridgehead atoms. The van der Waals surface area contributed by atoms with Crippen molar-refractivity contribution >= 4 is 40.7 Å². The fourth-order valence-corrected chi connectivity index (χ4v) is 4.14. The highest BCUT2D eigenvalue weighted by Gasteiger charge is 2.35. The average Bonchev–Trinajstić information content (AvgIpc) is 3.23. The molecule has 3 N–H and O–H groups in total. The lowest BCUT2D eigenvalue weighted by Gasteiger charge is -2.37. The number of carbonyl (C=O) groups is 2. The van der Waals surface area contributed by atoms with Crippen LogP contribution >= 0.6 is 11.8 Å². The van der Waals surface area contributed by atoms with Crippen LogP contribution in [-0.4, -0.2) is 55.8 Å². The Bertz CT molecular complexity index is 961. The third kappa shape index (κ3) is 3.17. The summed E-state index contributed by atoms with van der Waals surface area (Å²) in [6, 6.07) is 3.82. The summed E-state index contributed by atoms with van der Waals surface area (Å²) in [5.41, 5.74) is 2.56. The highest BCUT2D eigenvalue weighted by molar-refractivity contribution is 8.03. The highest BCUT2D eigenvalue weighted by atomic mass is 32.2. The van der Waals surface area contributed by atoms with E-state index in [1.807, 2.05) is 28.1 Å². The minimum Gasteiger partial charge on any atom is -0.389 e. The van der Waals surface area contributed by atoms with Gasteiger partial charge in [0.05, 0.1) is 18.0 Å². The number of thioether (sulfide) groups is 1. The van der Waals surface area contributed by atoms with Crippen molar-refractivity contribution in [2.24, 2.45) is 5.92 Å². The Morgan fingerprint density at radius 1 is 1.26 bits per heavy atom. The van der Waals surface area contributed by atoms with Crippen LogP contribution in [0.4, 0.5) is 5.82 Å². The molecule has 0 aromatic carbocycles. The second kappa shape index (κ2) is 6.28. The van der Waals surface area contributed by atoms with Gasteiger partial charge in [-0.3, -0.25) is 9.59 Å². The van der Waals surface area contributed by atoms with Gasteiger partial charge < -0.3 is 25.0 Å². The summed E-state index contributed by atoms with van der Waals surface area (Å²) < 4.78 is 1.87. The fourth-order valence-electron chi connectivity index (χ4n) is 3.20. The molecule has 1 atom stereocenters. The molecule has 2 aliphatic heterocycles. The van der Waals surface area contributed by atoms with Crippen LogP contribution in [0.5, 0.6) is 0 Å². The normalized spacial score (nSPS) is 22.3. The number of β-amino-alcohol motifs (C(OH)–C–C–N with tert-alkyl or cyclic N) is 1. The molecule has 0 radical (unpaired) electrons. The molecule has 2 amide bonds. The highest BCUT2D eigenvalue weighted by Crippen LogP contribution is 2.31. The van der Waals surface area contributed by atoms with E-state index in [1.165, 1.54) is 11.8 Å². The third-order valence-corrected chi connectivity index (χ3v) is 5.93. The van der Waals surface area contributed by atoms with Crippen molar-refractivity contribution in [2.75, 3.05) is 18.4 Å². The molecule has 8 nitrogen and oxygen atoms in total. The van der Waals surface area contributed by atoms with E-state index in [4.69, 9.17) is 0 Å². The minimum atomic E-state index is -0.397. The molecule has 1 unspecified atom stereocenters. The first-order valence-corrected chi connectivity index (χ1v) is 9.90. The number of carbonyl (C=O) groups excluding carboxylic acids is 2. The average molecular weight is 385 g/mol. The van der Waals surface area contributed by atoms with Gasteiger partial charge in [0.2, 0.25) is 5.91 Å². The van der Waals surface area contributed by atoms with Gasteiger partial charge in [-0.25, -0.2) is 4.98 Å². The maximum absolute atomic E-state index is 12.4. The Kier molecular flexibility index (Phi) is 3.87. The van der Waals surface area contributed by atoms with Crippen LogP contribution < -0.4 is 10.6 Å². The lowest BCUT2D eigenvalue weighted by atomic mass is 10.1. The molecule has 2 fully saturated rings. The number of aliphatic hydroxyl groups is 1. The molecule has 1 aliphatic carbocycles. The number of aromatic nitrogens is 2. The van der Waals surface area contributed by atoms with Crippen molar-refractivity contribution in [3.8, 4) is 0 Å². The van der Waals surface area contributed by atoms with E-state index in [-0.39, 0.29) is 23.1 Å². The van der Waals surface area contributed by atoms with E-state index in [0.717, 1.165) is 29.7 Å². The summed E-state index contributed by atoms with van der Waals surface area (Å²) in [7, 11) is 0. The maximum Gasteiger partial charge on any atom is 0.256 e. The molecule has 0 spiro atoms. The Balaban J connectivity index is 1.28. The predicted molar refractivity (Wildman–Crippen MR) is 102 cm³/mol. The van der Waals surface area contributed by atoms with E-state index >= 15 is 0 Å². The van der Waals surface area contributed by atoms with E-state index in [1.54, 1.807) is 11.1 Å². The Morgan fingerprint density at radius 2 is 2.07 bits per heavy atom. The van der Waals surface area contributed by atoms with Crippen molar-refractivity contribution in [2.45, 2.75) is 24.3 Å². The van der Waals surface area contributed by atoms with Crippen molar-refractivity contribution in [1.82, 2.24) is 19.6 Å². The largest absolute Gasteiger partial charge is 0.389 e. The van der Waals surface area contributed by atoms with Crippen LogP contribution in [0.1, 0.15) is 18.4 Å². The van der Waals surface area contributed by atoms with Gasteiger partial charge in [0.25, 0.3) is 5.91 Å². The zero-order valence-electron chi connectivity index (χ0n) is 14.5. The molecule has 5 rings (SSSR count). The van der Waals surface area contributed by atoms with Crippen LogP contribution in [0.3, 0.4) is 0 Å². The number of rotatable bonds is 4. The number of hydrogen-bond donors (Lipinski definition) is 3. The number of imidazole rings is 1. The number of amides is 2. The molecule has 140 valence electrons. The van der Waals surface area contributed by atoms with Gasteiger partial charge in [0.15, 0.2) is 11.2 Å². The van der Waals surface area contributed by atoms with E-state index in [2.05, 4.69) is 15.6 Å². The second-order valence-corrected chi connectivity index (χ2v) is 8.14. The molecular formula is C18H19N5O3S. The number of nitrogens with one attached hydrogen (secondary N) is 2. The summed E-state index contributed by atoms with van der Waals surface area (Å²) in [4.78, 5) is 30.3. The first-order chi connectivity index (χ1) is 13.1. The summed E-state index contributed by atoms with van der Waals surface area (Å²) in [5, 5.41) is 17.0. The van der Waals surface area contributed by atoms with Crippen LogP contribution in [-0.2, 0) is 9.59 Å². The summed E-state index contributed by atoms with van der Waals surface area (Å²) >= 11 is 1.43. The summed E-state index contributed by atoms with van der Waals surface area (Å²) in [5.74, 6) is 0.714. The fraction of sp³-hybridized carbons (Fsp3) is 0.389. The number of likely N-dealkylation sites (tertiary alicyclic amines) is 1. The SMILES string of the molecule is O=C(Nc1cn2cc(C3=CSC(C(=O)N4CC(O)C4)N3)ccc2n1)C1CC1. The number of anilines is 1. The number of pyridine rings is 1. The van der Waals surface area contributed by atoms with Crippen molar-refractivity contribution in [1.29, 1.82) is 0 Å². The molecular weight excluding hydrogens is 366 g/mol. The van der Waals surface area contributed by atoms with Gasteiger partial charge in [-0.05, 0) is 30.4 Å². The quantitative estimate of drug-likeness (QED) is 0.722. The van der Waals surface area contributed by atoms with Crippen molar-refractivity contribution in [3.63, 3.8) is 0 Å². The molecule has 2 aromatic rings. The van der Waals surface area contributed by atoms with Crippen LogP contribution in [0, 0.1) is 5.92 Å². The Hall–Kier alpha value is -2.52. The molecule has 4 heterocycles. The van der Waals surface area contributed by atoms with Gasteiger partial charge in [0, 0.05) is 30.8 Å². The van der Waals surface area contributed by atoms with Crippen LogP contribution in [0.15, 0.2) is 29.9 Å². The molecule has 2 aromatic heterocycles. The monoisotopic (exact) mass is 385 g/mol. The number of aliphatic hydroxyl groups excluding tert-OH is 1. The summed E-state index contributed by atoms with van der Waals surface area (Å²) in [6.07, 6.45) is 5.24. The van der Waals surface area contributed by atoms with Gasteiger partial charge in [-0.15, -0.1) is 0 Å². The molecule has 1 saturated carbocycles. The first kappa shape index (κ1) is 16.6. The van der Waals surface area contributed by atoms with Crippen LogP contribution in [0.25, 0.3) is 11.3 Å². The number of fused-ring (bicyclic) bond motifs is 1. The lowest BCUT2D eigenvalue weighted by Crippen LogP contribution is -2.57. The van der Waals surface area contributed by atoms with E-state index < -0.39 is 6.10 Å². The van der Waals surface area contributed by atoms with Crippen molar-refractivity contribution < 1.29 is 14.7 Å². The second-order valence-electron chi connectivity index (χ2n) is 7.16. The minimum absolute atomic E-state index is 0.00895. The van der Waals surface area contributed by atoms with Gasteiger partial charge >= 0.3 is 0 Å². The Morgan fingerprint density at radius 3 is 2.81 bits per heavy atom. The predicted octanol–water partition coefficient (Wildman–Crippen LogP) is 0.847. The third-order valence-electron chi connectivity index (χ3n) is 4.97. The molecule has 27 heavy (non-hydrogen) atoms. The zero-order chi connectivity index (χ0) is 18.5. The van der Waals surface area contributed by atoms with E-state index in [9.17, 15) is 14.7 Å². The Labute approximate surface area is 159 Å². The lowest BCUT2D eigenvalue weighted by molar-refractivity contribution is -0.140. The maximum atomic E-state index is 12.4. The molecule has 1 saturated heterocycles. The zero-order valence-corrected chi connectivity index (χ0v) is 15.3. The van der Waals surface area contributed by atoms with Gasteiger partial charge in [0.1, 0.15) is 5.65 Å². The van der Waals surface area contributed by atoms with E-state index in [0.29, 0.717) is 18.9 Å². The molecule has 9 heteroatoms. The van der Waals surface area contributed by atoms with Crippen molar-refractivity contribution in [3.05, 3.63) is 35.5 Å². The summed E-state index contributed by atoms with van der Waals surface area (Å²) in [6.45, 7) is 0.812. The number of nitrogens with zero attached hydrogens (tertiary/aromatic N) is 3. The van der Waals surface area contributed by atoms with Crippen LogP contribution in [0.2, 0.25) is 0 Å². The topological polar surface area (TPSA) is 99.0 Å². The van der Waals surface area contributed by atoms with Gasteiger partial charge in [-0.1, -0.05) is 11.8 Å².